The van der Waals surface area contributed by atoms with E-state index < -0.39 is 10.8 Å². The lowest BCUT2D eigenvalue weighted by Gasteiger charge is -2.07. The van der Waals surface area contributed by atoms with Crippen molar-refractivity contribution in [2.45, 2.75) is 0 Å². The van der Waals surface area contributed by atoms with Gasteiger partial charge in [0.15, 0.2) is 0 Å². The highest BCUT2D eigenvalue weighted by atomic mass is 79.9. The fraction of sp³-hybridized carbons (Fsp3) is 0. The Morgan fingerprint density at radius 1 is 1.40 bits per heavy atom. The minimum atomic E-state index is -0.567. The maximum atomic E-state index is 12.0. The lowest BCUT2D eigenvalue weighted by Crippen LogP contribution is -2.14. The monoisotopic (exact) mass is 355 g/mol. The van der Waals surface area contributed by atoms with Crippen molar-refractivity contribution >= 4 is 44.8 Å². The lowest BCUT2D eigenvalue weighted by molar-refractivity contribution is -0.384. The van der Waals surface area contributed by atoms with Crippen molar-refractivity contribution in [3.63, 3.8) is 0 Å². The third kappa shape index (κ3) is 3.12. The summed E-state index contributed by atoms with van der Waals surface area (Å²) in [5, 5.41) is 13.4. The van der Waals surface area contributed by atoms with Crippen LogP contribution >= 0.6 is 27.5 Å². The molecule has 1 aromatic heterocycles. The molecule has 0 spiro atoms. The number of carbonyl (C=O) groups is 1. The first-order valence-electron chi connectivity index (χ1n) is 5.35. The molecule has 20 heavy (non-hydrogen) atoms. The molecule has 0 radical (unpaired) electrons. The molecule has 0 atom stereocenters. The number of carbonyl (C=O) groups excluding carboxylic acids is 1. The number of nitro benzene ring substituents is 1. The van der Waals surface area contributed by atoms with Crippen molar-refractivity contribution < 1.29 is 9.72 Å². The van der Waals surface area contributed by atoms with E-state index >= 15 is 0 Å². The molecule has 0 aliphatic carbocycles. The van der Waals surface area contributed by atoms with E-state index in [1.807, 2.05) is 0 Å². The van der Waals surface area contributed by atoms with Gasteiger partial charge < -0.3 is 5.32 Å². The number of halogens is 2. The van der Waals surface area contributed by atoms with Crippen LogP contribution in [0.4, 0.5) is 11.4 Å². The number of non-ortho nitro benzene ring substituents is 1. The van der Waals surface area contributed by atoms with E-state index in [1.54, 1.807) is 12.1 Å². The molecule has 102 valence electrons. The number of amides is 1. The quantitative estimate of drug-likeness (QED) is 0.672. The number of rotatable bonds is 3. The van der Waals surface area contributed by atoms with Crippen molar-refractivity contribution in [1.82, 2.24) is 4.98 Å². The molecule has 0 aliphatic heterocycles. The molecule has 0 unspecified atom stereocenters. The van der Waals surface area contributed by atoms with Crippen LogP contribution in [0.5, 0.6) is 0 Å². The van der Waals surface area contributed by atoms with Gasteiger partial charge in [-0.1, -0.05) is 11.6 Å². The van der Waals surface area contributed by atoms with Crippen molar-refractivity contribution in [3.8, 4) is 0 Å². The molecular weight excluding hydrogens is 350 g/mol. The molecule has 2 aromatic rings. The summed E-state index contributed by atoms with van der Waals surface area (Å²) >= 11 is 9.10. The first-order chi connectivity index (χ1) is 9.49. The summed E-state index contributed by atoms with van der Waals surface area (Å²) < 4.78 is 0.513. The fourth-order valence-electron chi connectivity index (χ4n) is 1.46. The molecule has 1 amide bonds. The number of benzene rings is 1. The van der Waals surface area contributed by atoms with Crippen molar-refractivity contribution in [1.29, 1.82) is 0 Å². The number of aromatic nitrogens is 1. The van der Waals surface area contributed by atoms with Crippen molar-refractivity contribution in [2.24, 2.45) is 0 Å². The summed E-state index contributed by atoms with van der Waals surface area (Å²) in [5.74, 6) is -0.514. The van der Waals surface area contributed by atoms with Gasteiger partial charge in [0.25, 0.3) is 11.6 Å². The smallest absolute Gasteiger partial charge is 0.275 e. The molecule has 1 N–H and O–H groups in total. The standard InChI is InChI=1S/C12H7BrClN3O3/c13-8-2-1-5-15-11(8)12(18)16-10-6-7(17(19)20)3-4-9(10)14/h1-6H,(H,16,18). The zero-order valence-electron chi connectivity index (χ0n) is 9.84. The summed E-state index contributed by atoms with van der Waals surface area (Å²) in [6.07, 6.45) is 1.47. The van der Waals surface area contributed by atoms with Crippen LogP contribution in [-0.4, -0.2) is 15.8 Å². The summed E-state index contributed by atoms with van der Waals surface area (Å²) in [4.78, 5) is 26.1. The van der Waals surface area contributed by atoms with Gasteiger partial charge in [0, 0.05) is 22.8 Å². The van der Waals surface area contributed by atoms with E-state index in [-0.39, 0.29) is 22.1 Å². The topological polar surface area (TPSA) is 85.1 Å². The van der Waals surface area contributed by atoms with Crippen LogP contribution in [0.2, 0.25) is 5.02 Å². The minimum Gasteiger partial charge on any atom is -0.319 e. The van der Waals surface area contributed by atoms with E-state index in [9.17, 15) is 14.9 Å². The molecule has 1 heterocycles. The van der Waals surface area contributed by atoms with Crippen LogP contribution in [0.1, 0.15) is 10.5 Å². The number of nitrogens with zero attached hydrogens (tertiary/aromatic N) is 2. The third-order valence-electron chi connectivity index (χ3n) is 2.38. The molecule has 2 rings (SSSR count). The second kappa shape index (κ2) is 5.98. The van der Waals surface area contributed by atoms with Crippen LogP contribution in [-0.2, 0) is 0 Å². The fourth-order valence-corrected chi connectivity index (χ4v) is 2.06. The van der Waals surface area contributed by atoms with E-state index in [0.717, 1.165) is 0 Å². The van der Waals surface area contributed by atoms with Gasteiger partial charge in [0.2, 0.25) is 0 Å². The number of nitrogens with one attached hydrogen (secondary N) is 1. The Kier molecular flexibility index (Phi) is 4.31. The second-order valence-corrected chi connectivity index (χ2v) is 4.97. The molecule has 8 heteroatoms. The van der Waals surface area contributed by atoms with Gasteiger partial charge in [-0.15, -0.1) is 0 Å². The molecular formula is C12H7BrClN3O3. The minimum absolute atomic E-state index is 0.156. The van der Waals surface area contributed by atoms with Crippen molar-refractivity contribution in [2.75, 3.05) is 5.32 Å². The maximum Gasteiger partial charge on any atom is 0.275 e. The Morgan fingerprint density at radius 2 is 2.15 bits per heavy atom. The zero-order chi connectivity index (χ0) is 14.7. The number of hydrogen-bond acceptors (Lipinski definition) is 4. The van der Waals surface area contributed by atoms with Crippen LogP contribution in [0, 0.1) is 10.1 Å². The van der Waals surface area contributed by atoms with Gasteiger partial charge in [-0.05, 0) is 34.1 Å². The third-order valence-corrected chi connectivity index (χ3v) is 3.35. The molecule has 0 bridgehead atoms. The number of anilines is 1. The molecule has 0 aliphatic rings. The van der Waals surface area contributed by atoms with Crippen LogP contribution in [0.3, 0.4) is 0 Å². The molecule has 0 saturated carbocycles. The van der Waals surface area contributed by atoms with Gasteiger partial charge in [-0.3, -0.25) is 14.9 Å². The molecule has 1 aromatic carbocycles. The van der Waals surface area contributed by atoms with Crippen molar-refractivity contribution in [3.05, 3.63) is 61.8 Å². The predicted octanol–water partition coefficient (Wildman–Crippen LogP) is 3.66. The second-order valence-electron chi connectivity index (χ2n) is 3.71. The highest BCUT2D eigenvalue weighted by Crippen LogP contribution is 2.27. The largest absolute Gasteiger partial charge is 0.319 e. The Balaban J connectivity index is 2.30. The Morgan fingerprint density at radius 3 is 2.80 bits per heavy atom. The first-order valence-corrected chi connectivity index (χ1v) is 6.52. The number of hydrogen-bond donors (Lipinski definition) is 1. The van der Waals surface area contributed by atoms with Crippen LogP contribution in [0.25, 0.3) is 0 Å². The maximum absolute atomic E-state index is 12.0. The highest BCUT2D eigenvalue weighted by Gasteiger charge is 2.15. The average molecular weight is 357 g/mol. The summed E-state index contributed by atoms with van der Waals surface area (Å²) in [6, 6.07) is 7.13. The first kappa shape index (κ1) is 14.4. The van der Waals surface area contributed by atoms with E-state index in [4.69, 9.17) is 11.6 Å². The van der Waals surface area contributed by atoms with Gasteiger partial charge in [0.05, 0.1) is 15.6 Å². The van der Waals surface area contributed by atoms with Crippen LogP contribution < -0.4 is 5.32 Å². The molecule has 0 fully saturated rings. The Bertz CT molecular complexity index is 693. The normalized spacial score (nSPS) is 10.1. The van der Waals surface area contributed by atoms with E-state index in [0.29, 0.717) is 4.47 Å². The van der Waals surface area contributed by atoms with E-state index in [1.165, 1.54) is 24.4 Å². The molecule has 0 saturated heterocycles. The summed E-state index contributed by atoms with van der Waals surface area (Å²) in [7, 11) is 0. The summed E-state index contributed by atoms with van der Waals surface area (Å²) in [5.41, 5.74) is 0.156. The van der Waals surface area contributed by atoms with E-state index in [2.05, 4.69) is 26.2 Å². The predicted molar refractivity (Wildman–Crippen MR) is 78.0 cm³/mol. The Labute approximate surface area is 127 Å². The van der Waals surface area contributed by atoms with Crippen LogP contribution in [0.15, 0.2) is 41.0 Å². The summed E-state index contributed by atoms with van der Waals surface area (Å²) in [6.45, 7) is 0. The highest BCUT2D eigenvalue weighted by molar-refractivity contribution is 9.10. The van der Waals surface area contributed by atoms with Gasteiger partial charge in [0.1, 0.15) is 5.69 Å². The zero-order valence-corrected chi connectivity index (χ0v) is 12.2. The molecule has 6 nitrogen and oxygen atoms in total. The lowest BCUT2D eigenvalue weighted by atomic mass is 10.2. The van der Waals surface area contributed by atoms with Gasteiger partial charge >= 0.3 is 0 Å². The number of pyridine rings is 1. The van der Waals surface area contributed by atoms with Gasteiger partial charge in [-0.2, -0.15) is 0 Å². The number of nitro groups is 1. The average Bonchev–Trinajstić information content (AvgIpc) is 2.41. The van der Waals surface area contributed by atoms with Gasteiger partial charge in [-0.25, -0.2) is 4.98 Å². The Hall–Kier alpha value is -1.99. The SMILES string of the molecule is O=C(Nc1cc([N+](=O)[O-])ccc1Cl)c1ncccc1Br.